The van der Waals surface area contributed by atoms with Crippen molar-refractivity contribution in [1.29, 1.82) is 0 Å². The summed E-state index contributed by atoms with van der Waals surface area (Å²) in [7, 11) is 0. The van der Waals surface area contributed by atoms with Crippen LogP contribution in [0.25, 0.3) is 0 Å². The van der Waals surface area contributed by atoms with Gasteiger partial charge in [0, 0.05) is 25.2 Å². The van der Waals surface area contributed by atoms with E-state index < -0.39 is 0 Å². The van der Waals surface area contributed by atoms with Gasteiger partial charge in [-0.25, -0.2) is 0 Å². The summed E-state index contributed by atoms with van der Waals surface area (Å²) in [6, 6.07) is 0. The zero-order valence-electron chi connectivity index (χ0n) is 11.2. The van der Waals surface area contributed by atoms with E-state index in [1.165, 1.54) is 25.7 Å². The fraction of sp³-hybridized carbons (Fsp3) is 0.846. The Morgan fingerprint density at radius 1 is 1.44 bits per heavy atom. The van der Waals surface area contributed by atoms with Crippen LogP contribution in [0.1, 0.15) is 38.4 Å². The molecule has 1 aromatic heterocycles. The molecule has 0 radical (unpaired) electrons. The second-order valence-corrected chi connectivity index (χ2v) is 6.06. The highest BCUT2D eigenvalue weighted by molar-refractivity contribution is 4.98. The lowest BCUT2D eigenvalue weighted by Crippen LogP contribution is -2.55. The van der Waals surface area contributed by atoms with Crippen molar-refractivity contribution < 1.29 is 0 Å². The molecule has 0 aromatic carbocycles. The summed E-state index contributed by atoms with van der Waals surface area (Å²) < 4.78 is 2.15. The van der Waals surface area contributed by atoms with Crippen molar-refractivity contribution in [2.75, 3.05) is 13.1 Å². The molecule has 0 bridgehead atoms. The number of nitrogens with zero attached hydrogens (tertiary/aromatic N) is 4. The molecule has 5 heteroatoms. The second-order valence-electron chi connectivity index (χ2n) is 6.06. The summed E-state index contributed by atoms with van der Waals surface area (Å²) in [6.07, 6.45) is 7.24. The molecule has 0 spiro atoms. The first-order valence-electron chi connectivity index (χ1n) is 7.03. The van der Waals surface area contributed by atoms with Gasteiger partial charge < -0.3 is 10.3 Å². The molecule has 1 aliphatic carbocycles. The van der Waals surface area contributed by atoms with Crippen LogP contribution < -0.4 is 5.73 Å². The Kier molecular flexibility index (Phi) is 3.11. The first kappa shape index (κ1) is 12.1. The quantitative estimate of drug-likeness (QED) is 0.865. The lowest BCUT2D eigenvalue weighted by atomic mass is 9.75. The van der Waals surface area contributed by atoms with Gasteiger partial charge in [-0.2, -0.15) is 0 Å². The molecule has 1 atom stereocenters. The largest absolute Gasteiger partial charge is 0.329 e. The van der Waals surface area contributed by atoms with Gasteiger partial charge in [0.15, 0.2) is 0 Å². The molecule has 1 aromatic rings. The normalized spacial score (nSPS) is 24.3. The maximum atomic E-state index is 6.08. The Morgan fingerprint density at radius 2 is 2.28 bits per heavy atom. The van der Waals surface area contributed by atoms with E-state index in [-0.39, 0.29) is 5.54 Å². The van der Waals surface area contributed by atoms with E-state index in [9.17, 15) is 0 Å². The molecule has 100 valence electrons. The van der Waals surface area contributed by atoms with Gasteiger partial charge in [-0.15, -0.1) is 10.2 Å². The monoisotopic (exact) mass is 249 g/mol. The first-order chi connectivity index (χ1) is 8.71. The van der Waals surface area contributed by atoms with Crippen molar-refractivity contribution in [2.24, 2.45) is 11.7 Å². The molecule has 0 saturated heterocycles. The third kappa shape index (κ3) is 2.06. The van der Waals surface area contributed by atoms with E-state index in [2.05, 4.69) is 26.6 Å². The van der Waals surface area contributed by atoms with Crippen molar-refractivity contribution in [3.05, 3.63) is 12.2 Å². The molecule has 1 saturated carbocycles. The third-order valence-electron chi connectivity index (χ3n) is 4.80. The van der Waals surface area contributed by atoms with Crippen molar-refractivity contribution in [2.45, 2.75) is 51.2 Å². The molecule has 18 heavy (non-hydrogen) atoms. The van der Waals surface area contributed by atoms with E-state index in [1.807, 2.05) is 6.33 Å². The average Bonchev–Trinajstić information content (AvgIpc) is 2.80. The van der Waals surface area contributed by atoms with Gasteiger partial charge in [0.1, 0.15) is 12.2 Å². The van der Waals surface area contributed by atoms with Gasteiger partial charge in [-0.05, 0) is 19.3 Å². The van der Waals surface area contributed by atoms with E-state index in [1.54, 1.807) is 0 Å². The Hall–Kier alpha value is -0.940. The smallest absolute Gasteiger partial charge is 0.147 e. The lowest BCUT2D eigenvalue weighted by Gasteiger charge is -2.45. The van der Waals surface area contributed by atoms with Crippen LogP contribution in [0, 0.1) is 5.92 Å². The van der Waals surface area contributed by atoms with Crippen LogP contribution in [0.2, 0.25) is 0 Å². The standard InChI is InChI=1S/C13H23N5/c1-13(9-14,7-11-3-2-4-11)18-6-5-17-10-15-16-12(17)8-18/h10-11H,2-9,14H2,1H3. The highest BCUT2D eigenvalue weighted by Crippen LogP contribution is 2.36. The number of hydrogen-bond donors (Lipinski definition) is 1. The minimum absolute atomic E-state index is 0.127. The van der Waals surface area contributed by atoms with Gasteiger partial charge in [0.2, 0.25) is 0 Å². The lowest BCUT2D eigenvalue weighted by molar-refractivity contribution is 0.0436. The Labute approximate surface area is 108 Å². The summed E-state index contributed by atoms with van der Waals surface area (Å²) in [5.41, 5.74) is 6.20. The average molecular weight is 249 g/mol. The molecule has 3 rings (SSSR count). The Bertz CT molecular complexity index is 411. The van der Waals surface area contributed by atoms with Crippen LogP contribution in [0.4, 0.5) is 0 Å². The Morgan fingerprint density at radius 3 is 2.94 bits per heavy atom. The molecule has 1 unspecified atom stereocenters. The predicted octanol–water partition coefficient (Wildman–Crippen LogP) is 1.00. The number of aromatic nitrogens is 3. The van der Waals surface area contributed by atoms with Crippen molar-refractivity contribution in [1.82, 2.24) is 19.7 Å². The molecule has 5 nitrogen and oxygen atoms in total. The number of rotatable bonds is 4. The zero-order chi connectivity index (χ0) is 12.6. The molecular formula is C13H23N5. The topological polar surface area (TPSA) is 60.0 Å². The van der Waals surface area contributed by atoms with E-state index in [0.29, 0.717) is 0 Å². The molecule has 2 heterocycles. The molecule has 1 fully saturated rings. The minimum Gasteiger partial charge on any atom is -0.329 e. The van der Waals surface area contributed by atoms with Gasteiger partial charge in [-0.1, -0.05) is 19.3 Å². The van der Waals surface area contributed by atoms with Gasteiger partial charge in [0.05, 0.1) is 6.54 Å². The fourth-order valence-corrected chi connectivity index (χ4v) is 3.19. The van der Waals surface area contributed by atoms with Crippen LogP contribution in [-0.4, -0.2) is 38.3 Å². The van der Waals surface area contributed by atoms with Gasteiger partial charge >= 0.3 is 0 Å². The molecule has 2 N–H and O–H groups in total. The van der Waals surface area contributed by atoms with Gasteiger partial charge in [-0.3, -0.25) is 4.90 Å². The summed E-state index contributed by atoms with van der Waals surface area (Å²) in [5, 5.41) is 8.19. The van der Waals surface area contributed by atoms with Crippen LogP contribution in [-0.2, 0) is 13.1 Å². The van der Waals surface area contributed by atoms with Crippen molar-refractivity contribution in [3.63, 3.8) is 0 Å². The predicted molar refractivity (Wildman–Crippen MR) is 69.8 cm³/mol. The summed E-state index contributed by atoms with van der Waals surface area (Å²) in [6.45, 7) is 5.99. The summed E-state index contributed by atoms with van der Waals surface area (Å²) in [5.74, 6) is 1.97. The molecular weight excluding hydrogens is 226 g/mol. The molecule has 0 amide bonds. The third-order valence-corrected chi connectivity index (χ3v) is 4.80. The minimum atomic E-state index is 0.127. The van der Waals surface area contributed by atoms with Crippen molar-refractivity contribution in [3.8, 4) is 0 Å². The second kappa shape index (κ2) is 4.63. The maximum Gasteiger partial charge on any atom is 0.147 e. The summed E-state index contributed by atoms with van der Waals surface area (Å²) in [4.78, 5) is 2.51. The first-order valence-corrected chi connectivity index (χ1v) is 7.03. The zero-order valence-corrected chi connectivity index (χ0v) is 11.2. The van der Waals surface area contributed by atoms with Crippen LogP contribution in [0.5, 0.6) is 0 Å². The number of nitrogens with two attached hydrogens (primary N) is 1. The molecule has 2 aliphatic rings. The van der Waals surface area contributed by atoms with Crippen LogP contribution >= 0.6 is 0 Å². The van der Waals surface area contributed by atoms with E-state index in [4.69, 9.17) is 5.73 Å². The fourth-order valence-electron chi connectivity index (χ4n) is 3.19. The van der Waals surface area contributed by atoms with Crippen LogP contribution in [0.15, 0.2) is 6.33 Å². The van der Waals surface area contributed by atoms with Crippen molar-refractivity contribution >= 4 is 0 Å². The highest BCUT2D eigenvalue weighted by atomic mass is 15.3. The highest BCUT2D eigenvalue weighted by Gasteiger charge is 2.36. The number of fused-ring (bicyclic) bond motifs is 1. The number of hydrogen-bond acceptors (Lipinski definition) is 4. The summed E-state index contributed by atoms with van der Waals surface area (Å²) >= 11 is 0. The Balaban J connectivity index is 1.72. The SMILES string of the molecule is CC(CN)(CC1CCC1)N1CCn2cnnc2C1. The molecule has 1 aliphatic heterocycles. The van der Waals surface area contributed by atoms with Gasteiger partial charge in [0.25, 0.3) is 0 Å². The van der Waals surface area contributed by atoms with E-state index >= 15 is 0 Å². The maximum absolute atomic E-state index is 6.08. The van der Waals surface area contributed by atoms with Crippen LogP contribution in [0.3, 0.4) is 0 Å². The van der Waals surface area contributed by atoms with E-state index in [0.717, 1.165) is 37.9 Å².